The first-order chi connectivity index (χ1) is 21.2. The fourth-order valence-electron chi connectivity index (χ4n) is 4.82. The Morgan fingerprint density at radius 2 is 1.80 bits per heavy atom. The molecule has 4 heterocycles. The molecule has 0 fully saturated rings. The van der Waals surface area contributed by atoms with E-state index in [1.54, 1.807) is 11.3 Å². The second-order valence-electron chi connectivity index (χ2n) is 11.2. The normalized spacial score (nSPS) is 12.9. The highest BCUT2D eigenvalue weighted by Gasteiger charge is 2.27. The third-order valence-electron chi connectivity index (χ3n) is 6.86. The number of nitrogens with zero attached hydrogens (tertiary/aromatic N) is 5. The molecule has 44 heavy (non-hydrogen) atoms. The quantitative estimate of drug-likeness (QED) is 0.199. The van der Waals surface area contributed by atoms with Crippen LogP contribution in [0.3, 0.4) is 0 Å². The van der Waals surface area contributed by atoms with Crippen LogP contribution in [0.25, 0.3) is 32.5 Å². The number of carbonyl (C=O) groups excluding carboxylic acids is 2. The highest BCUT2D eigenvalue weighted by Crippen LogP contribution is 2.35. The molecule has 0 saturated heterocycles. The molecule has 5 aromatic rings. The maximum atomic E-state index is 13.3. The van der Waals surface area contributed by atoms with Crippen molar-refractivity contribution in [3.8, 4) is 38.3 Å². The number of rotatable bonds is 8. The minimum atomic E-state index is -0.558. The van der Waals surface area contributed by atoms with Gasteiger partial charge in [-0.3, -0.25) is 4.79 Å². The maximum absolute atomic E-state index is 13.3. The number of fused-ring (bicyclic) bond motifs is 1. The first kappa shape index (κ1) is 29.5. The van der Waals surface area contributed by atoms with Crippen LogP contribution < -0.4 is 10.1 Å². The highest BCUT2D eigenvalue weighted by molar-refractivity contribution is 7.13. The number of nitrogens with one attached hydrogen (secondary N) is 1. The summed E-state index contributed by atoms with van der Waals surface area (Å²) in [6.45, 7) is 7.55. The van der Waals surface area contributed by atoms with E-state index in [0.29, 0.717) is 49.0 Å². The van der Waals surface area contributed by atoms with Crippen molar-refractivity contribution in [2.45, 2.75) is 39.5 Å². The van der Waals surface area contributed by atoms with Crippen LogP contribution in [-0.2, 0) is 17.8 Å². The summed E-state index contributed by atoms with van der Waals surface area (Å²) in [5.41, 5.74) is 2.77. The lowest BCUT2D eigenvalue weighted by Gasteiger charge is -2.27. The number of carbonyl (C=O) groups is 2. The van der Waals surface area contributed by atoms with Crippen molar-refractivity contribution in [3.05, 3.63) is 82.8 Å². The van der Waals surface area contributed by atoms with Crippen molar-refractivity contribution in [1.82, 2.24) is 30.0 Å². The SMILES string of the molecule is CC(C)(C)OC(=O)NCCOc1ccccc1-c1nc(-c2nnc3n2CCN(C(=O)c2ccc(-c4cccs4)cc2)C3)cs1. The Hall–Kier alpha value is -4.55. The zero-order valence-electron chi connectivity index (χ0n) is 24.6. The topological polar surface area (TPSA) is 111 Å². The maximum Gasteiger partial charge on any atom is 0.407 e. The fourth-order valence-corrected chi connectivity index (χ4v) is 6.38. The molecule has 1 aliphatic rings. The molecule has 3 aromatic heterocycles. The fraction of sp³-hybridized carbons (Fsp3) is 0.281. The zero-order chi connectivity index (χ0) is 30.7. The molecule has 2 aromatic carbocycles. The number of thiazole rings is 1. The van der Waals surface area contributed by atoms with E-state index in [-0.39, 0.29) is 12.5 Å². The molecule has 226 valence electrons. The van der Waals surface area contributed by atoms with E-state index in [4.69, 9.17) is 14.5 Å². The molecule has 10 nitrogen and oxygen atoms in total. The lowest BCUT2D eigenvalue weighted by Crippen LogP contribution is -2.38. The number of alkyl carbamates (subject to hydrolysis) is 1. The third-order valence-corrected chi connectivity index (χ3v) is 8.65. The summed E-state index contributed by atoms with van der Waals surface area (Å²) >= 11 is 3.17. The number of amides is 2. The highest BCUT2D eigenvalue weighted by atomic mass is 32.1. The smallest absolute Gasteiger partial charge is 0.407 e. The largest absolute Gasteiger partial charge is 0.491 e. The molecular weight excluding hydrogens is 597 g/mol. The molecule has 0 spiro atoms. The molecule has 0 atom stereocenters. The summed E-state index contributed by atoms with van der Waals surface area (Å²) in [5.74, 6) is 2.05. The van der Waals surface area contributed by atoms with Crippen LogP contribution in [0.1, 0.15) is 37.0 Å². The second kappa shape index (κ2) is 12.6. The average molecular weight is 629 g/mol. The number of aromatic nitrogens is 4. The number of ether oxygens (including phenoxy) is 2. The van der Waals surface area contributed by atoms with Gasteiger partial charge in [-0.25, -0.2) is 9.78 Å². The van der Waals surface area contributed by atoms with E-state index in [9.17, 15) is 9.59 Å². The van der Waals surface area contributed by atoms with E-state index in [0.717, 1.165) is 22.0 Å². The molecule has 6 rings (SSSR count). The first-order valence-corrected chi connectivity index (χ1v) is 16.0. The van der Waals surface area contributed by atoms with Gasteiger partial charge in [-0.15, -0.1) is 32.9 Å². The van der Waals surface area contributed by atoms with E-state index in [1.165, 1.54) is 16.2 Å². The Bertz CT molecular complexity index is 1760. The third kappa shape index (κ3) is 6.66. The number of benzene rings is 2. The standard InChI is InChI=1S/C32H32N6O4S2/c1-32(2,3)42-31(40)33-14-17-41-25-8-5-4-7-23(25)29-34-24(20-44-29)28-36-35-27-19-37(15-16-38(27)28)30(39)22-12-10-21(11-13-22)26-9-6-18-43-26/h4-13,18,20H,14-17,19H2,1-3H3,(H,33,40). The molecule has 0 radical (unpaired) electrons. The molecule has 0 saturated carbocycles. The predicted molar refractivity (Wildman–Crippen MR) is 171 cm³/mol. The van der Waals surface area contributed by atoms with E-state index >= 15 is 0 Å². The number of hydrogen-bond acceptors (Lipinski definition) is 9. The van der Waals surface area contributed by atoms with Gasteiger partial charge in [0.25, 0.3) is 5.91 Å². The number of hydrogen-bond donors (Lipinski definition) is 1. The number of para-hydroxylation sites is 1. The summed E-state index contributed by atoms with van der Waals surface area (Å²) in [6, 6.07) is 19.5. The Morgan fingerprint density at radius 3 is 2.57 bits per heavy atom. The molecule has 1 aliphatic heterocycles. The van der Waals surface area contributed by atoms with Crippen molar-refractivity contribution in [1.29, 1.82) is 0 Å². The van der Waals surface area contributed by atoms with Crippen LogP contribution in [0.15, 0.2) is 71.4 Å². The lowest BCUT2D eigenvalue weighted by molar-refractivity contribution is 0.0520. The van der Waals surface area contributed by atoms with E-state index in [1.807, 2.05) is 95.6 Å². The van der Waals surface area contributed by atoms with Crippen molar-refractivity contribution >= 4 is 34.7 Å². The van der Waals surface area contributed by atoms with Crippen LogP contribution in [0.2, 0.25) is 0 Å². The Balaban J connectivity index is 1.10. The van der Waals surface area contributed by atoms with Crippen molar-refractivity contribution in [2.75, 3.05) is 19.7 Å². The lowest BCUT2D eigenvalue weighted by atomic mass is 10.1. The average Bonchev–Trinajstić information content (AvgIpc) is 3.79. The van der Waals surface area contributed by atoms with Gasteiger partial charge in [0.2, 0.25) is 0 Å². The second-order valence-corrected chi connectivity index (χ2v) is 13.0. The van der Waals surface area contributed by atoms with Gasteiger partial charge in [-0.2, -0.15) is 0 Å². The summed E-state index contributed by atoms with van der Waals surface area (Å²) in [5, 5.41) is 16.3. The Morgan fingerprint density at radius 1 is 0.977 bits per heavy atom. The molecule has 0 bridgehead atoms. The molecule has 0 aliphatic carbocycles. The molecule has 12 heteroatoms. The molecule has 1 N–H and O–H groups in total. The van der Waals surface area contributed by atoms with Gasteiger partial charge in [0.05, 0.1) is 18.7 Å². The first-order valence-electron chi connectivity index (χ1n) is 14.3. The molecule has 2 amide bonds. The molecular formula is C32H32N6O4S2. The predicted octanol–water partition coefficient (Wildman–Crippen LogP) is 6.36. The van der Waals surface area contributed by atoms with Gasteiger partial charge in [-0.1, -0.05) is 30.3 Å². The summed E-state index contributed by atoms with van der Waals surface area (Å²) in [6.07, 6.45) is -0.480. The van der Waals surface area contributed by atoms with E-state index < -0.39 is 11.7 Å². The van der Waals surface area contributed by atoms with Crippen LogP contribution in [0, 0.1) is 0 Å². The Kier molecular flexibility index (Phi) is 8.45. The Labute approximate surface area is 263 Å². The van der Waals surface area contributed by atoms with Gasteiger partial charge in [0.15, 0.2) is 11.6 Å². The molecule has 0 unspecified atom stereocenters. The van der Waals surface area contributed by atoms with Crippen molar-refractivity contribution < 1.29 is 19.1 Å². The van der Waals surface area contributed by atoms with Gasteiger partial charge in [-0.05, 0) is 62.0 Å². The minimum absolute atomic E-state index is 0.0209. The zero-order valence-corrected chi connectivity index (χ0v) is 26.3. The van der Waals surface area contributed by atoms with E-state index in [2.05, 4.69) is 21.6 Å². The van der Waals surface area contributed by atoms with Gasteiger partial charge in [0, 0.05) is 28.9 Å². The number of thiophene rings is 1. The van der Waals surface area contributed by atoms with Gasteiger partial charge >= 0.3 is 6.09 Å². The summed E-state index contributed by atoms with van der Waals surface area (Å²) in [7, 11) is 0. The van der Waals surface area contributed by atoms with Crippen LogP contribution in [0.5, 0.6) is 5.75 Å². The van der Waals surface area contributed by atoms with Crippen LogP contribution >= 0.6 is 22.7 Å². The van der Waals surface area contributed by atoms with Crippen molar-refractivity contribution in [2.24, 2.45) is 0 Å². The van der Waals surface area contributed by atoms with Crippen LogP contribution in [0.4, 0.5) is 4.79 Å². The van der Waals surface area contributed by atoms with Crippen LogP contribution in [-0.4, -0.2) is 61.9 Å². The van der Waals surface area contributed by atoms with Gasteiger partial charge < -0.3 is 24.3 Å². The summed E-state index contributed by atoms with van der Waals surface area (Å²) in [4.78, 5) is 33.0. The van der Waals surface area contributed by atoms with Crippen molar-refractivity contribution in [3.63, 3.8) is 0 Å². The monoisotopic (exact) mass is 628 g/mol. The van der Waals surface area contributed by atoms with Gasteiger partial charge in [0.1, 0.15) is 28.7 Å². The summed E-state index contributed by atoms with van der Waals surface area (Å²) < 4.78 is 13.3. The minimum Gasteiger partial charge on any atom is -0.491 e.